The second-order valence-corrected chi connectivity index (χ2v) is 5.34. The van der Waals surface area contributed by atoms with Gasteiger partial charge in [-0.25, -0.2) is 0 Å². The van der Waals surface area contributed by atoms with E-state index in [9.17, 15) is 0 Å². The summed E-state index contributed by atoms with van der Waals surface area (Å²) in [4.78, 5) is 0. The topological polar surface area (TPSA) is 12.0 Å². The minimum absolute atomic E-state index is 0.766. The molecule has 0 aliphatic carbocycles. The molecule has 0 amide bonds. The van der Waals surface area contributed by atoms with Crippen LogP contribution in [0.15, 0.2) is 24.3 Å². The molecule has 1 nitrogen and oxygen atoms in total. The van der Waals surface area contributed by atoms with Gasteiger partial charge in [-0.15, -0.1) is 0 Å². The fraction of sp³-hybridized carbons (Fsp3) is 0.647. The smallest absolute Gasteiger partial charge is 0.00148 e. The van der Waals surface area contributed by atoms with Gasteiger partial charge in [-0.3, -0.25) is 0 Å². The van der Waals surface area contributed by atoms with Gasteiger partial charge in [-0.05, 0) is 43.8 Å². The highest BCUT2D eigenvalue weighted by Crippen LogP contribution is 2.23. The van der Waals surface area contributed by atoms with E-state index in [0.29, 0.717) is 0 Å². The Morgan fingerprint density at radius 3 is 2.33 bits per heavy atom. The van der Waals surface area contributed by atoms with Gasteiger partial charge in [0.05, 0.1) is 0 Å². The maximum atomic E-state index is 3.53. The van der Waals surface area contributed by atoms with Crippen molar-refractivity contribution in [1.82, 2.24) is 5.32 Å². The Kier molecular flexibility index (Phi) is 7.04. The van der Waals surface area contributed by atoms with Gasteiger partial charge in [0.25, 0.3) is 0 Å². The van der Waals surface area contributed by atoms with Gasteiger partial charge < -0.3 is 5.32 Å². The van der Waals surface area contributed by atoms with Crippen LogP contribution in [0.3, 0.4) is 0 Å². The molecule has 1 N–H and O–H groups in total. The number of benzene rings is 1. The molecule has 0 fully saturated rings. The average molecular weight is 247 g/mol. The van der Waals surface area contributed by atoms with Gasteiger partial charge in [0.2, 0.25) is 0 Å². The van der Waals surface area contributed by atoms with Gasteiger partial charge in [-0.2, -0.15) is 0 Å². The van der Waals surface area contributed by atoms with E-state index in [0.717, 1.165) is 24.9 Å². The van der Waals surface area contributed by atoms with Crippen LogP contribution in [0, 0.1) is 18.8 Å². The predicted molar refractivity (Wildman–Crippen MR) is 81.0 cm³/mol. The highest BCUT2D eigenvalue weighted by atomic mass is 14.8. The van der Waals surface area contributed by atoms with E-state index in [2.05, 4.69) is 57.3 Å². The zero-order valence-corrected chi connectivity index (χ0v) is 12.5. The number of rotatable bonds is 8. The monoisotopic (exact) mass is 247 g/mol. The molecule has 1 heteroatoms. The summed E-state index contributed by atoms with van der Waals surface area (Å²) in [5.74, 6) is 1.60. The number of hydrogen-bond donors (Lipinski definition) is 1. The maximum absolute atomic E-state index is 3.53. The molecule has 0 aliphatic heterocycles. The summed E-state index contributed by atoms with van der Waals surface area (Å²) in [6.07, 6.45) is 3.79. The highest BCUT2D eigenvalue weighted by molar-refractivity contribution is 5.22. The van der Waals surface area contributed by atoms with Crippen LogP contribution in [-0.4, -0.2) is 13.1 Å². The quantitative estimate of drug-likeness (QED) is 0.726. The highest BCUT2D eigenvalue weighted by Gasteiger charge is 2.18. The summed E-state index contributed by atoms with van der Waals surface area (Å²) in [6, 6.07) is 8.97. The first-order valence-electron chi connectivity index (χ1n) is 7.47. The molecule has 1 aromatic rings. The van der Waals surface area contributed by atoms with Crippen molar-refractivity contribution < 1.29 is 0 Å². The second kappa shape index (κ2) is 8.31. The minimum Gasteiger partial charge on any atom is -0.317 e. The first-order valence-corrected chi connectivity index (χ1v) is 7.47. The molecule has 0 spiro atoms. The molecule has 0 aliphatic rings. The van der Waals surface area contributed by atoms with Gasteiger partial charge >= 0.3 is 0 Å². The van der Waals surface area contributed by atoms with Crippen molar-refractivity contribution in [1.29, 1.82) is 0 Å². The molecule has 0 radical (unpaired) electrons. The molecule has 18 heavy (non-hydrogen) atoms. The molecule has 0 aromatic heterocycles. The maximum Gasteiger partial charge on any atom is -0.00148 e. The van der Waals surface area contributed by atoms with Crippen LogP contribution in [0.25, 0.3) is 0 Å². The predicted octanol–water partition coefficient (Wildman–Crippen LogP) is 4.20. The molecule has 1 rings (SSSR count). The number of aryl methyl sites for hydroxylation is 1. The van der Waals surface area contributed by atoms with E-state index in [4.69, 9.17) is 0 Å². The lowest BCUT2D eigenvalue weighted by Crippen LogP contribution is -2.29. The fourth-order valence-corrected chi connectivity index (χ4v) is 2.83. The molecule has 0 bridgehead atoms. The molecular weight excluding hydrogens is 218 g/mol. The van der Waals surface area contributed by atoms with Crippen molar-refractivity contribution in [3.8, 4) is 0 Å². The fourth-order valence-electron chi connectivity index (χ4n) is 2.83. The van der Waals surface area contributed by atoms with Crippen molar-refractivity contribution >= 4 is 0 Å². The Hall–Kier alpha value is -0.820. The lowest BCUT2D eigenvalue weighted by molar-refractivity contribution is 0.299. The molecule has 1 unspecified atom stereocenters. The van der Waals surface area contributed by atoms with Crippen LogP contribution in [-0.2, 0) is 6.42 Å². The van der Waals surface area contributed by atoms with E-state index < -0.39 is 0 Å². The molecule has 0 saturated carbocycles. The zero-order chi connectivity index (χ0) is 13.4. The van der Waals surface area contributed by atoms with Crippen molar-refractivity contribution in [3.63, 3.8) is 0 Å². The van der Waals surface area contributed by atoms with E-state index in [1.54, 1.807) is 0 Å². The summed E-state index contributed by atoms with van der Waals surface area (Å²) in [6.45, 7) is 11.2. The lowest BCUT2D eigenvalue weighted by atomic mass is 9.83. The molecular formula is C17H29N. The SMILES string of the molecule is CCNCC(Cc1cccc(C)c1)C(CC)CC. The first kappa shape index (κ1) is 15.2. The Balaban J connectivity index is 2.70. The molecule has 1 aromatic carbocycles. The van der Waals surface area contributed by atoms with Gasteiger partial charge in [0.15, 0.2) is 0 Å². The number of hydrogen-bond acceptors (Lipinski definition) is 1. The zero-order valence-electron chi connectivity index (χ0n) is 12.5. The van der Waals surface area contributed by atoms with Gasteiger partial charge in [0, 0.05) is 0 Å². The standard InChI is InChI=1S/C17H29N/c1-5-16(6-2)17(13-18-7-3)12-15-10-8-9-14(4)11-15/h8-11,16-18H,5-7,12-13H2,1-4H3. The lowest BCUT2D eigenvalue weighted by Gasteiger charge is -2.26. The molecule has 0 saturated heterocycles. The van der Waals surface area contributed by atoms with Gasteiger partial charge in [0.1, 0.15) is 0 Å². The summed E-state index contributed by atoms with van der Waals surface area (Å²) >= 11 is 0. The van der Waals surface area contributed by atoms with E-state index in [1.165, 1.54) is 30.4 Å². The Morgan fingerprint density at radius 1 is 1.06 bits per heavy atom. The normalized spacial score (nSPS) is 12.9. The second-order valence-electron chi connectivity index (χ2n) is 5.34. The summed E-state index contributed by atoms with van der Waals surface area (Å²) in [5, 5.41) is 3.53. The third kappa shape index (κ3) is 4.81. The van der Waals surface area contributed by atoms with Crippen LogP contribution in [0.5, 0.6) is 0 Å². The van der Waals surface area contributed by atoms with Crippen LogP contribution in [0.4, 0.5) is 0 Å². The number of nitrogens with one attached hydrogen (secondary N) is 1. The van der Waals surface area contributed by atoms with E-state index >= 15 is 0 Å². The summed E-state index contributed by atoms with van der Waals surface area (Å²) in [5.41, 5.74) is 2.86. The van der Waals surface area contributed by atoms with Crippen LogP contribution < -0.4 is 5.32 Å². The Bertz CT molecular complexity index is 328. The third-order valence-electron chi connectivity index (χ3n) is 3.95. The molecule has 0 heterocycles. The summed E-state index contributed by atoms with van der Waals surface area (Å²) < 4.78 is 0. The minimum atomic E-state index is 0.766. The molecule has 1 atom stereocenters. The van der Waals surface area contributed by atoms with Crippen molar-refractivity contribution in [2.24, 2.45) is 11.8 Å². The van der Waals surface area contributed by atoms with Crippen LogP contribution in [0.1, 0.15) is 44.7 Å². The third-order valence-corrected chi connectivity index (χ3v) is 3.95. The van der Waals surface area contributed by atoms with E-state index in [1.807, 2.05) is 0 Å². The largest absolute Gasteiger partial charge is 0.317 e. The Morgan fingerprint density at radius 2 is 1.78 bits per heavy atom. The van der Waals surface area contributed by atoms with Crippen LogP contribution in [0.2, 0.25) is 0 Å². The van der Waals surface area contributed by atoms with Crippen molar-refractivity contribution in [3.05, 3.63) is 35.4 Å². The Labute approximate surface area is 113 Å². The first-order chi connectivity index (χ1) is 8.71. The van der Waals surface area contributed by atoms with Crippen molar-refractivity contribution in [2.45, 2.75) is 47.0 Å². The summed E-state index contributed by atoms with van der Waals surface area (Å²) in [7, 11) is 0. The van der Waals surface area contributed by atoms with Gasteiger partial charge in [-0.1, -0.05) is 63.4 Å². The van der Waals surface area contributed by atoms with Crippen molar-refractivity contribution in [2.75, 3.05) is 13.1 Å². The van der Waals surface area contributed by atoms with Crippen LogP contribution >= 0.6 is 0 Å². The van der Waals surface area contributed by atoms with E-state index in [-0.39, 0.29) is 0 Å². The molecule has 102 valence electrons. The average Bonchev–Trinajstić information content (AvgIpc) is 2.37.